The summed E-state index contributed by atoms with van der Waals surface area (Å²) in [6.45, 7) is 3.86. The molecule has 122 valence electrons. The Morgan fingerprint density at radius 1 is 0.913 bits per heavy atom. The third kappa shape index (κ3) is 4.03. The first-order valence-corrected chi connectivity index (χ1v) is 7.64. The van der Waals surface area contributed by atoms with Crippen LogP contribution in [0.25, 0.3) is 0 Å². The maximum absolute atomic E-state index is 12.5. The lowest BCUT2D eigenvalue weighted by Gasteiger charge is -2.19. The van der Waals surface area contributed by atoms with Crippen LogP contribution in [0.1, 0.15) is 36.9 Å². The number of carbonyl (C=O) groups excluding carboxylic acids is 1. The quantitative estimate of drug-likeness (QED) is 0.885. The Labute approximate surface area is 137 Å². The summed E-state index contributed by atoms with van der Waals surface area (Å²) >= 11 is 0. The summed E-state index contributed by atoms with van der Waals surface area (Å²) in [4.78, 5) is 12.5. The standard InChI is InChI=1S/C19H23NO3/c1-13(16-10-11-17(22-3)18(12-16)23-4)19(21)20-14(2)15-8-6-5-7-9-15/h5-14H,1-4H3,(H,20,21)/t13?,14-/m0/s1. The first-order chi connectivity index (χ1) is 11.1. The van der Waals surface area contributed by atoms with Crippen molar-refractivity contribution in [3.8, 4) is 11.5 Å². The Balaban J connectivity index is 2.10. The molecule has 1 N–H and O–H groups in total. The van der Waals surface area contributed by atoms with Gasteiger partial charge in [-0.25, -0.2) is 0 Å². The maximum Gasteiger partial charge on any atom is 0.227 e. The summed E-state index contributed by atoms with van der Waals surface area (Å²) in [7, 11) is 3.18. The zero-order chi connectivity index (χ0) is 16.8. The second-order valence-corrected chi connectivity index (χ2v) is 5.48. The molecule has 0 aliphatic rings. The summed E-state index contributed by atoms with van der Waals surface area (Å²) in [5.41, 5.74) is 1.97. The van der Waals surface area contributed by atoms with Gasteiger partial charge >= 0.3 is 0 Å². The van der Waals surface area contributed by atoms with E-state index in [-0.39, 0.29) is 17.9 Å². The van der Waals surface area contributed by atoms with Gasteiger partial charge in [-0.2, -0.15) is 0 Å². The maximum atomic E-state index is 12.5. The Morgan fingerprint density at radius 3 is 2.17 bits per heavy atom. The molecule has 0 heterocycles. The van der Waals surface area contributed by atoms with Gasteiger partial charge in [-0.15, -0.1) is 0 Å². The van der Waals surface area contributed by atoms with Gasteiger partial charge in [0, 0.05) is 0 Å². The van der Waals surface area contributed by atoms with Crippen LogP contribution in [0.4, 0.5) is 0 Å². The van der Waals surface area contributed by atoms with Crippen molar-refractivity contribution < 1.29 is 14.3 Å². The highest BCUT2D eigenvalue weighted by atomic mass is 16.5. The molecule has 2 rings (SSSR count). The van der Waals surface area contributed by atoms with Gasteiger partial charge in [0.05, 0.1) is 26.2 Å². The molecule has 0 saturated carbocycles. The number of benzene rings is 2. The Bertz CT molecular complexity index is 655. The molecular formula is C19H23NO3. The molecule has 0 saturated heterocycles. The number of hydrogen-bond donors (Lipinski definition) is 1. The van der Waals surface area contributed by atoms with E-state index in [1.165, 1.54) is 0 Å². The van der Waals surface area contributed by atoms with Gasteiger partial charge < -0.3 is 14.8 Å². The van der Waals surface area contributed by atoms with Crippen LogP contribution in [0.2, 0.25) is 0 Å². The van der Waals surface area contributed by atoms with Crippen molar-refractivity contribution in [1.82, 2.24) is 5.32 Å². The van der Waals surface area contributed by atoms with Crippen LogP contribution in [-0.4, -0.2) is 20.1 Å². The van der Waals surface area contributed by atoms with Gasteiger partial charge in [0.15, 0.2) is 11.5 Å². The van der Waals surface area contributed by atoms with Crippen LogP contribution in [0.5, 0.6) is 11.5 Å². The molecule has 0 aliphatic carbocycles. The lowest BCUT2D eigenvalue weighted by Crippen LogP contribution is -2.30. The number of ether oxygens (including phenoxy) is 2. The summed E-state index contributed by atoms with van der Waals surface area (Å²) < 4.78 is 10.5. The highest BCUT2D eigenvalue weighted by Crippen LogP contribution is 2.30. The first-order valence-electron chi connectivity index (χ1n) is 7.64. The minimum Gasteiger partial charge on any atom is -0.493 e. The molecule has 23 heavy (non-hydrogen) atoms. The fraction of sp³-hybridized carbons (Fsp3) is 0.316. The van der Waals surface area contributed by atoms with E-state index in [4.69, 9.17) is 9.47 Å². The van der Waals surface area contributed by atoms with Gasteiger partial charge in [0.1, 0.15) is 0 Å². The molecule has 0 radical (unpaired) electrons. The van der Waals surface area contributed by atoms with Gasteiger partial charge in [-0.05, 0) is 37.1 Å². The van der Waals surface area contributed by atoms with Crippen molar-refractivity contribution >= 4 is 5.91 Å². The second-order valence-electron chi connectivity index (χ2n) is 5.48. The molecule has 1 amide bonds. The molecule has 2 atom stereocenters. The molecule has 4 heteroatoms. The average molecular weight is 313 g/mol. The fourth-order valence-electron chi connectivity index (χ4n) is 2.44. The zero-order valence-electron chi connectivity index (χ0n) is 14.0. The van der Waals surface area contributed by atoms with E-state index >= 15 is 0 Å². The second kappa shape index (κ2) is 7.68. The van der Waals surface area contributed by atoms with Gasteiger partial charge in [0.2, 0.25) is 5.91 Å². The third-order valence-electron chi connectivity index (χ3n) is 3.96. The Morgan fingerprint density at radius 2 is 1.57 bits per heavy atom. The summed E-state index contributed by atoms with van der Waals surface area (Å²) in [6, 6.07) is 15.4. The molecule has 0 aromatic heterocycles. The monoisotopic (exact) mass is 313 g/mol. The predicted octanol–water partition coefficient (Wildman–Crippen LogP) is 3.68. The summed E-state index contributed by atoms with van der Waals surface area (Å²) in [6.07, 6.45) is 0. The largest absolute Gasteiger partial charge is 0.493 e. The van der Waals surface area contributed by atoms with Crippen molar-refractivity contribution in [1.29, 1.82) is 0 Å². The Kier molecular flexibility index (Phi) is 5.63. The van der Waals surface area contributed by atoms with Crippen molar-refractivity contribution in [2.75, 3.05) is 14.2 Å². The van der Waals surface area contributed by atoms with Crippen LogP contribution in [0, 0.1) is 0 Å². The van der Waals surface area contributed by atoms with Crippen molar-refractivity contribution in [2.24, 2.45) is 0 Å². The minimum absolute atomic E-state index is 0.0198. The zero-order valence-corrected chi connectivity index (χ0v) is 14.0. The average Bonchev–Trinajstić information content (AvgIpc) is 2.61. The predicted molar refractivity (Wildman–Crippen MR) is 91.0 cm³/mol. The molecule has 0 fully saturated rings. The van der Waals surface area contributed by atoms with Crippen LogP contribution >= 0.6 is 0 Å². The highest BCUT2D eigenvalue weighted by Gasteiger charge is 2.19. The van der Waals surface area contributed by atoms with Crippen molar-refractivity contribution in [3.63, 3.8) is 0 Å². The lowest BCUT2D eigenvalue weighted by molar-refractivity contribution is -0.122. The van der Waals surface area contributed by atoms with E-state index in [2.05, 4.69) is 5.32 Å². The highest BCUT2D eigenvalue weighted by molar-refractivity contribution is 5.83. The van der Waals surface area contributed by atoms with Crippen LogP contribution < -0.4 is 14.8 Å². The molecule has 0 spiro atoms. The molecular weight excluding hydrogens is 290 g/mol. The molecule has 0 bridgehead atoms. The van der Waals surface area contributed by atoms with Crippen molar-refractivity contribution in [3.05, 3.63) is 59.7 Å². The number of carbonyl (C=O) groups is 1. The molecule has 1 unspecified atom stereocenters. The molecule has 2 aromatic carbocycles. The lowest BCUT2D eigenvalue weighted by atomic mass is 9.98. The van der Waals surface area contributed by atoms with Crippen LogP contribution in [0.3, 0.4) is 0 Å². The SMILES string of the molecule is COc1ccc(C(C)C(=O)N[C@@H](C)c2ccccc2)cc1OC. The van der Waals surface area contributed by atoms with E-state index in [9.17, 15) is 4.79 Å². The molecule has 4 nitrogen and oxygen atoms in total. The van der Waals surface area contributed by atoms with E-state index in [1.807, 2.05) is 62.4 Å². The van der Waals surface area contributed by atoms with Gasteiger partial charge in [0.25, 0.3) is 0 Å². The number of nitrogens with one attached hydrogen (secondary N) is 1. The Hall–Kier alpha value is -2.49. The first kappa shape index (κ1) is 16.9. The topological polar surface area (TPSA) is 47.6 Å². The summed E-state index contributed by atoms with van der Waals surface area (Å²) in [5, 5.41) is 3.05. The number of hydrogen-bond acceptors (Lipinski definition) is 3. The number of rotatable bonds is 6. The summed E-state index contributed by atoms with van der Waals surface area (Å²) in [5.74, 6) is 0.983. The van der Waals surface area contributed by atoms with E-state index in [0.29, 0.717) is 11.5 Å². The molecule has 2 aromatic rings. The smallest absolute Gasteiger partial charge is 0.227 e. The van der Waals surface area contributed by atoms with Crippen molar-refractivity contribution in [2.45, 2.75) is 25.8 Å². The van der Waals surface area contributed by atoms with Crippen LogP contribution in [0.15, 0.2) is 48.5 Å². The van der Waals surface area contributed by atoms with Crippen LogP contribution in [-0.2, 0) is 4.79 Å². The van der Waals surface area contributed by atoms with Gasteiger partial charge in [-0.3, -0.25) is 4.79 Å². The van der Waals surface area contributed by atoms with E-state index < -0.39 is 0 Å². The van der Waals surface area contributed by atoms with E-state index in [1.54, 1.807) is 14.2 Å². The number of methoxy groups -OCH3 is 2. The fourth-order valence-corrected chi connectivity index (χ4v) is 2.44. The minimum atomic E-state index is -0.277. The third-order valence-corrected chi connectivity index (χ3v) is 3.96. The molecule has 0 aliphatic heterocycles. The number of amides is 1. The van der Waals surface area contributed by atoms with Gasteiger partial charge in [-0.1, -0.05) is 36.4 Å². The van der Waals surface area contributed by atoms with E-state index in [0.717, 1.165) is 11.1 Å². The normalized spacial score (nSPS) is 13.0.